The molecule has 0 radical (unpaired) electrons. The van der Waals surface area contributed by atoms with E-state index in [-0.39, 0.29) is 5.91 Å². The van der Waals surface area contributed by atoms with Crippen molar-refractivity contribution in [3.05, 3.63) is 89.4 Å². The molecule has 0 saturated heterocycles. The molecule has 1 heterocycles. The lowest BCUT2D eigenvalue weighted by molar-refractivity contribution is -0.605. The van der Waals surface area contributed by atoms with E-state index >= 15 is 0 Å². The number of nitrogens with one attached hydrogen (secondary N) is 1. The van der Waals surface area contributed by atoms with E-state index in [0.717, 1.165) is 65.3 Å². The van der Waals surface area contributed by atoms with Crippen LogP contribution in [-0.4, -0.2) is 51.7 Å². The molecule has 0 atom stereocenters. The zero-order valence-corrected chi connectivity index (χ0v) is 22.0. The van der Waals surface area contributed by atoms with Crippen molar-refractivity contribution in [2.45, 2.75) is 25.7 Å². The molecule has 2 aromatic carbocycles. The van der Waals surface area contributed by atoms with Gasteiger partial charge in [-0.2, -0.15) is 4.73 Å². The van der Waals surface area contributed by atoms with Crippen LogP contribution < -0.4 is 19.5 Å². The van der Waals surface area contributed by atoms with Crippen LogP contribution in [0, 0.1) is 5.21 Å². The monoisotopic (exact) mass is 503 g/mol. The molecule has 1 aromatic heterocycles. The van der Waals surface area contributed by atoms with Crippen LogP contribution in [0.2, 0.25) is 0 Å². The number of aromatic nitrogens is 1. The van der Waals surface area contributed by atoms with Crippen molar-refractivity contribution in [2.24, 2.45) is 0 Å². The summed E-state index contributed by atoms with van der Waals surface area (Å²) in [6, 6.07) is 17.7. The van der Waals surface area contributed by atoms with Crippen LogP contribution in [0.1, 0.15) is 30.4 Å². The molecule has 0 spiro atoms. The van der Waals surface area contributed by atoms with Crippen molar-refractivity contribution in [1.82, 2.24) is 10.2 Å². The van der Waals surface area contributed by atoms with Crippen LogP contribution in [0.5, 0.6) is 11.5 Å². The van der Waals surface area contributed by atoms with Gasteiger partial charge in [-0.15, -0.1) is 0 Å². The van der Waals surface area contributed by atoms with E-state index in [4.69, 9.17) is 9.47 Å². The Balaban J connectivity index is 1.28. The third-order valence-corrected chi connectivity index (χ3v) is 6.18. The molecule has 0 aliphatic rings. The first-order valence-electron chi connectivity index (χ1n) is 12.6. The standard InChI is InChI=1S/C30H37N3O4/c1-32(20-15-25-11-14-28(36-2)29(23-25)37-3)19-5-4-18-31-30(34)8-6-7-24-9-12-26(13-10-24)27-16-21-33(35)22-17-27/h6-7,9-14,16-17,21-23H,4-5,8,15,18-20H2,1-3H3,(H,31,34)/b7-6+. The number of nitrogens with zero attached hydrogens (tertiary/aromatic N) is 2. The summed E-state index contributed by atoms with van der Waals surface area (Å²) in [6.07, 6.45) is 10.1. The number of ether oxygens (including phenoxy) is 2. The lowest BCUT2D eigenvalue weighted by Gasteiger charge is -2.17. The normalized spacial score (nSPS) is 11.1. The minimum Gasteiger partial charge on any atom is -0.619 e. The average molecular weight is 504 g/mol. The Hall–Kier alpha value is -3.84. The molecule has 0 fully saturated rings. The second-order valence-electron chi connectivity index (χ2n) is 8.97. The number of amides is 1. The summed E-state index contributed by atoms with van der Waals surface area (Å²) in [5, 5.41) is 14.2. The first-order chi connectivity index (χ1) is 18.0. The molecule has 7 heteroatoms. The number of rotatable bonds is 14. The third-order valence-electron chi connectivity index (χ3n) is 6.18. The molecule has 7 nitrogen and oxygen atoms in total. The second-order valence-corrected chi connectivity index (χ2v) is 8.97. The second kappa shape index (κ2) is 14.7. The Labute approximate surface area is 219 Å². The summed E-state index contributed by atoms with van der Waals surface area (Å²) < 4.78 is 11.4. The number of likely N-dealkylation sites (N-methyl/N-ethyl adjacent to an activating group) is 1. The largest absolute Gasteiger partial charge is 0.619 e. The van der Waals surface area contributed by atoms with E-state index in [2.05, 4.69) is 23.3 Å². The van der Waals surface area contributed by atoms with Gasteiger partial charge in [0.2, 0.25) is 5.91 Å². The Morgan fingerprint density at radius 3 is 2.35 bits per heavy atom. The SMILES string of the molecule is COc1ccc(CCN(C)CCCCNC(=O)C/C=C/c2ccc(-c3cc[n+]([O-])cc3)cc2)cc1OC. The highest BCUT2D eigenvalue weighted by Crippen LogP contribution is 2.27. The molecule has 1 N–H and O–H groups in total. The molecule has 0 saturated carbocycles. The van der Waals surface area contributed by atoms with E-state index in [1.54, 1.807) is 26.4 Å². The van der Waals surface area contributed by atoms with Crippen LogP contribution in [-0.2, 0) is 11.2 Å². The van der Waals surface area contributed by atoms with E-state index in [0.29, 0.717) is 13.0 Å². The first-order valence-corrected chi connectivity index (χ1v) is 12.6. The third kappa shape index (κ3) is 9.28. The maximum Gasteiger partial charge on any atom is 0.223 e. The van der Waals surface area contributed by atoms with Crippen molar-refractivity contribution in [3.63, 3.8) is 0 Å². The molecule has 1 amide bonds. The number of carbonyl (C=O) groups is 1. The lowest BCUT2D eigenvalue weighted by Crippen LogP contribution is -2.26. The molecule has 3 aromatic rings. The summed E-state index contributed by atoms with van der Waals surface area (Å²) in [4.78, 5) is 14.4. The minimum atomic E-state index is 0.0323. The minimum absolute atomic E-state index is 0.0323. The fraction of sp³-hybridized carbons (Fsp3) is 0.333. The summed E-state index contributed by atoms with van der Waals surface area (Å²) in [5.41, 5.74) is 4.28. The Morgan fingerprint density at radius 1 is 0.946 bits per heavy atom. The zero-order valence-electron chi connectivity index (χ0n) is 22.0. The Bertz CT molecular complexity index is 1140. The van der Waals surface area contributed by atoms with Crippen LogP contribution >= 0.6 is 0 Å². The summed E-state index contributed by atoms with van der Waals surface area (Å²) in [5.74, 6) is 1.54. The van der Waals surface area contributed by atoms with Crippen molar-refractivity contribution >= 4 is 12.0 Å². The molecule has 0 aliphatic heterocycles. The predicted molar refractivity (Wildman–Crippen MR) is 147 cm³/mol. The van der Waals surface area contributed by atoms with Gasteiger partial charge in [0, 0.05) is 31.6 Å². The van der Waals surface area contributed by atoms with Gasteiger partial charge in [0.1, 0.15) is 0 Å². The fourth-order valence-electron chi connectivity index (χ4n) is 3.97. The lowest BCUT2D eigenvalue weighted by atomic mass is 10.0. The van der Waals surface area contributed by atoms with E-state index in [9.17, 15) is 10.0 Å². The van der Waals surface area contributed by atoms with E-state index in [1.165, 1.54) is 18.0 Å². The molecular weight excluding hydrogens is 466 g/mol. The van der Waals surface area contributed by atoms with Gasteiger partial charge in [0.25, 0.3) is 0 Å². The van der Waals surface area contributed by atoms with Gasteiger partial charge in [-0.05, 0) is 67.2 Å². The number of hydrogen-bond acceptors (Lipinski definition) is 5. The quantitative estimate of drug-likeness (QED) is 0.199. The predicted octanol–water partition coefficient (Wildman–Crippen LogP) is 4.48. The fourth-order valence-corrected chi connectivity index (χ4v) is 3.97. The van der Waals surface area contributed by atoms with Crippen LogP contribution in [0.25, 0.3) is 17.2 Å². The summed E-state index contributed by atoms with van der Waals surface area (Å²) >= 11 is 0. The topological polar surface area (TPSA) is 77.7 Å². The number of pyridine rings is 1. The summed E-state index contributed by atoms with van der Waals surface area (Å²) in [7, 11) is 5.42. The van der Waals surface area contributed by atoms with Gasteiger partial charge in [-0.1, -0.05) is 42.5 Å². The smallest absolute Gasteiger partial charge is 0.223 e. The highest BCUT2D eigenvalue weighted by molar-refractivity contribution is 5.78. The Morgan fingerprint density at radius 2 is 1.65 bits per heavy atom. The average Bonchev–Trinajstić information content (AvgIpc) is 2.92. The van der Waals surface area contributed by atoms with Gasteiger partial charge in [-0.3, -0.25) is 4.79 Å². The molecule has 3 rings (SSSR count). The van der Waals surface area contributed by atoms with Crippen LogP contribution in [0.4, 0.5) is 0 Å². The van der Waals surface area contributed by atoms with Gasteiger partial charge in [-0.25, -0.2) is 0 Å². The molecular formula is C30H37N3O4. The molecule has 0 unspecified atom stereocenters. The van der Waals surface area contributed by atoms with Gasteiger partial charge < -0.3 is 24.9 Å². The van der Waals surface area contributed by atoms with E-state index < -0.39 is 0 Å². The maximum absolute atomic E-state index is 12.1. The number of benzene rings is 2. The van der Waals surface area contributed by atoms with Gasteiger partial charge in [0.05, 0.1) is 14.2 Å². The molecule has 37 heavy (non-hydrogen) atoms. The zero-order chi connectivity index (χ0) is 26.5. The van der Waals surface area contributed by atoms with Crippen LogP contribution in [0.3, 0.4) is 0 Å². The highest BCUT2D eigenvalue weighted by Gasteiger charge is 2.06. The van der Waals surface area contributed by atoms with Crippen LogP contribution in [0.15, 0.2) is 73.1 Å². The maximum atomic E-state index is 12.1. The van der Waals surface area contributed by atoms with E-state index in [1.807, 2.05) is 48.6 Å². The summed E-state index contributed by atoms with van der Waals surface area (Å²) in [6.45, 7) is 2.63. The number of carbonyl (C=O) groups excluding carboxylic acids is 1. The van der Waals surface area contributed by atoms with Crippen molar-refractivity contribution in [2.75, 3.05) is 40.9 Å². The van der Waals surface area contributed by atoms with Gasteiger partial charge in [0.15, 0.2) is 23.9 Å². The molecule has 196 valence electrons. The number of hydrogen-bond donors (Lipinski definition) is 1. The number of methoxy groups -OCH3 is 2. The first kappa shape index (κ1) is 27.7. The van der Waals surface area contributed by atoms with Gasteiger partial charge >= 0.3 is 0 Å². The van der Waals surface area contributed by atoms with Crippen molar-refractivity contribution in [1.29, 1.82) is 0 Å². The molecule has 0 aliphatic carbocycles. The number of unbranched alkanes of at least 4 members (excludes halogenated alkanes) is 1. The highest BCUT2D eigenvalue weighted by atomic mass is 16.5. The van der Waals surface area contributed by atoms with Crippen molar-refractivity contribution < 1.29 is 19.0 Å². The van der Waals surface area contributed by atoms with Crippen molar-refractivity contribution in [3.8, 4) is 22.6 Å². The Kier molecular flexibility index (Phi) is 11.0. The molecule has 0 bridgehead atoms.